The Morgan fingerprint density at radius 1 is 1.33 bits per heavy atom. The summed E-state index contributed by atoms with van der Waals surface area (Å²) in [5.74, 6) is -0.270. The second-order valence-corrected chi connectivity index (χ2v) is 6.00. The van der Waals surface area contributed by atoms with Crippen LogP contribution in [-0.2, 0) is 6.54 Å². The van der Waals surface area contributed by atoms with Gasteiger partial charge in [0.15, 0.2) is 0 Å². The number of carbonyl (C=O) groups excluding carboxylic acids is 1. The zero-order valence-corrected chi connectivity index (χ0v) is 14.9. The van der Waals surface area contributed by atoms with Gasteiger partial charge < -0.3 is 9.64 Å². The Balaban J connectivity index is 1.76. The molecule has 0 atom stereocenters. The van der Waals surface area contributed by atoms with E-state index in [1.807, 2.05) is 36.5 Å². The number of hydrogen-bond donors (Lipinski definition) is 0. The van der Waals surface area contributed by atoms with Crippen LogP contribution in [0.3, 0.4) is 0 Å². The standard InChI is InChI=1S/C20H17FN4O2/c1-24(20(26)16-6-14(10-22)7-17(21)8-16)12-15-11-23-25(13-15)18-4-3-5-19(9-18)27-2/h3-9,11,13H,12H2,1-2H3. The van der Waals surface area contributed by atoms with Crippen LogP contribution in [-0.4, -0.2) is 34.7 Å². The Kier molecular flexibility index (Phi) is 5.18. The van der Waals surface area contributed by atoms with E-state index < -0.39 is 5.82 Å². The summed E-state index contributed by atoms with van der Waals surface area (Å²) in [5, 5.41) is 13.2. The molecule has 0 spiro atoms. The Morgan fingerprint density at radius 2 is 2.15 bits per heavy atom. The molecule has 0 aliphatic rings. The van der Waals surface area contributed by atoms with Crippen LogP contribution in [0.5, 0.6) is 5.75 Å². The topological polar surface area (TPSA) is 71.2 Å². The molecule has 6 nitrogen and oxygen atoms in total. The summed E-state index contributed by atoms with van der Waals surface area (Å²) >= 11 is 0. The third-order valence-corrected chi connectivity index (χ3v) is 3.99. The van der Waals surface area contributed by atoms with Crippen molar-refractivity contribution in [3.63, 3.8) is 0 Å². The number of halogens is 1. The van der Waals surface area contributed by atoms with Gasteiger partial charge in [0.05, 0.1) is 30.6 Å². The Morgan fingerprint density at radius 3 is 2.89 bits per heavy atom. The molecular formula is C20H17FN4O2. The first kappa shape index (κ1) is 18.1. The number of amides is 1. The first-order valence-electron chi connectivity index (χ1n) is 8.14. The minimum Gasteiger partial charge on any atom is -0.497 e. The van der Waals surface area contributed by atoms with Gasteiger partial charge in [-0.1, -0.05) is 6.07 Å². The maximum atomic E-state index is 13.6. The van der Waals surface area contributed by atoms with E-state index in [0.717, 1.165) is 29.1 Å². The van der Waals surface area contributed by atoms with Gasteiger partial charge in [-0.2, -0.15) is 10.4 Å². The van der Waals surface area contributed by atoms with E-state index in [4.69, 9.17) is 10.00 Å². The van der Waals surface area contributed by atoms with Gasteiger partial charge in [-0.05, 0) is 30.3 Å². The lowest BCUT2D eigenvalue weighted by Crippen LogP contribution is -2.26. The van der Waals surface area contributed by atoms with Crippen molar-refractivity contribution < 1.29 is 13.9 Å². The highest BCUT2D eigenvalue weighted by molar-refractivity contribution is 5.94. The van der Waals surface area contributed by atoms with E-state index >= 15 is 0 Å². The maximum Gasteiger partial charge on any atom is 0.254 e. The Bertz CT molecular complexity index is 1020. The molecule has 0 radical (unpaired) electrons. The van der Waals surface area contributed by atoms with E-state index in [-0.39, 0.29) is 17.0 Å². The van der Waals surface area contributed by atoms with E-state index in [2.05, 4.69) is 5.10 Å². The fourth-order valence-electron chi connectivity index (χ4n) is 2.68. The molecule has 0 aliphatic carbocycles. The third-order valence-electron chi connectivity index (χ3n) is 3.99. The van der Waals surface area contributed by atoms with E-state index in [9.17, 15) is 9.18 Å². The third kappa shape index (κ3) is 4.12. The van der Waals surface area contributed by atoms with Gasteiger partial charge in [-0.15, -0.1) is 0 Å². The summed E-state index contributed by atoms with van der Waals surface area (Å²) in [4.78, 5) is 14.0. The second-order valence-electron chi connectivity index (χ2n) is 6.00. The fourth-order valence-corrected chi connectivity index (χ4v) is 2.68. The number of aromatic nitrogens is 2. The van der Waals surface area contributed by atoms with Gasteiger partial charge in [0.2, 0.25) is 0 Å². The van der Waals surface area contributed by atoms with Crippen molar-refractivity contribution in [3.05, 3.63) is 77.4 Å². The van der Waals surface area contributed by atoms with Crippen molar-refractivity contribution >= 4 is 5.91 Å². The summed E-state index contributed by atoms with van der Waals surface area (Å²) < 4.78 is 20.5. The van der Waals surface area contributed by atoms with Gasteiger partial charge in [-0.25, -0.2) is 9.07 Å². The fraction of sp³-hybridized carbons (Fsp3) is 0.150. The largest absolute Gasteiger partial charge is 0.497 e. The number of hydrogen-bond acceptors (Lipinski definition) is 4. The van der Waals surface area contributed by atoms with Crippen molar-refractivity contribution in [1.82, 2.24) is 14.7 Å². The lowest BCUT2D eigenvalue weighted by atomic mass is 10.1. The molecule has 7 heteroatoms. The lowest BCUT2D eigenvalue weighted by molar-refractivity contribution is 0.0784. The highest BCUT2D eigenvalue weighted by atomic mass is 19.1. The molecule has 3 rings (SSSR count). The number of nitriles is 1. The average molecular weight is 364 g/mol. The highest BCUT2D eigenvalue weighted by Crippen LogP contribution is 2.17. The second kappa shape index (κ2) is 7.70. The van der Waals surface area contributed by atoms with Crippen LogP contribution < -0.4 is 4.74 Å². The molecule has 27 heavy (non-hydrogen) atoms. The Labute approximate surface area is 156 Å². The normalized spacial score (nSPS) is 10.3. The number of ether oxygens (including phenoxy) is 1. The van der Waals surface area contributed by atoms with Gasteiger partial charge in [-0.3, -0.25) is 4.79 Å². The number of carbonyl (C=O) groups is 1. The zero-order valence-electron chi connectivity index (χ0n) is 14.9. The van der Waals surface area contributed by atoms with Gasteiger partial charge in [0, 0.05) is 37.0 Å². The van der Waals surface area contributed by atoms with Gasteiger partial charge >= 0.3 is 0 Å². The van der Waals surface area contributed by atoms with Crippen LogP contribution in [0.1, 0.15) is 21.5 Å². The molecule has 0 N–H and O–H groups in total. The van der Waals surface area contributed by atoms with Crippen LogP contribution in [0.4, 0.5) is 4.39 Å². The van der Waals surface area contributed by atoms with Crippen LogP contribution in [0.2, 0.25) is 0 Å². The predicted molar refractivity (Wildman–Crippen MR) is 97.0 cm³/mol. The molecule has 0 bridgehead atoms. The molecule has 1 heterocycles. The molecule has 0 unspecified atom stereocenters. The number of methoxy groups -OCH3 is 1. The molecule has 136 valence electrons. The monoisotopic (exact) mass is 364 g/mol. The van der Waals surface area contributed by atoms with Crippen molar-refractivity contribution in [2.75, 3.05) is 14.2 Å². The Hall–Kier alpha value is -3.66. The van der Waals surface area contributed by atoms with Crippen LogP contribution in [0.15, 0.2) is 54.9 Å². The van der Waals surface area contributed by atoms with Gasteiger partial charge in [0.1, 0.15) is 11.6 Å². The van der Waals surface area contributed by atoms with Crippen molar-refractivity contribution in [1.29, 1.82) is 5.26 Å². The van der Waals surface area contributed by atoms with Gasteiger partial charge in [0.25, 0.3) is 5.91 Å². The molecule has 1 aromatic heterocycles. The van der Waals surface area contributed by atoms with Crippen LogP contribution in [0.25, 0.3) is 5.69 Å². The minimum absolute atomic E-state index is 0.109. The number of nitrogens with zero attached hydrogens (tertiary/aromatic N) is 4. The summed E-state index contributed by atoms with van der Waals surface area (Å²) in [6.45, 7) is 0.293. The van der Waals surface area contributed by atoms with Crippen LogP contribution in [0, 0.1) is 17.1 Å². The molecule has 0 aliphatic heterocycles. The summed E-state index contributed by atoms with van der Waals surface area (Å²) in [5.41, 5.74) is 1.88. The molecule has 3 aromatic rings. The first-order chi connectivity index (χ1) is 13.0. The van der Waals surface area contributed by atoms with Crippen molar-refractivity contribution in [2.24, 2.45) is 0 Å². The quantitative estimate of drug-likeness (QED) is 0.697. The van der Waals surface area contributed by atoms with E-state index in [0.29, 0.717) is 6.54 Å². The maximum absolute atomic E-state index is 13.6. The van der Waals surface area contributed by atoms with Crippen molar-refractivity contribution in [2.45, 2.75) is 6.54 Å². The minimum atomic E-state index is -0.614. The number of benzene rings is 2. The summed E-state index contributed by atoms with van der Waals surface area (Å²) in [6.07, 6.45) is 3.47. The zero-order chi connectivity index (χ0) is 19.4. The number of rotatable bonds is 5. The molecule has 2 aromatic carbocycles. The highest BCUT2D eigenvalue weighted by Gasteiger charge is 2.15. The summed E-state index contributed by atoms with van der Waals surface area (Å²) in [7, 11) is 3.21. The molecule has 0 saturated heterocycles. The molecular weight excluding hydrogens is 347 g/mol. The molecule has 0 saturated carbocycles. The smallest absolute Gasteiger partial charge is 0.254 e. The SMILES string of the molecule is COc1cccc(-n2cc(CN(C)C(=O)c3cc(F)cc(C#N)c3)cn2)c1. The van der Waals surface area contributed by atoms with E-state index in [1.54, 1.807) is 25.0 Å². The summed E-state index contributed by atoms with van der Waals surface area (Å²) in [6, 6.07) is 12.9. The first-order valence-corrected chi connectivity index (χ1v) is 8.14. The molecule has 1 amide bonds. The van der Waals surface area contributed by atoms with E-state index in [1.165, 1.54) is 11.0 Å². The average Bonchev–Trinajstić information content (AvgIpc) is 3.15. The predicted octanol–water partition coefficient (Wildman–Crippen LogP) is 3.16. The van der Waals surface area contributed by atoms with Crippen molar-refractivity contribution in [3.8, 4) is 17.5 Å². The molecule has 0 fully saturated rings. The lowest BCUT2D eigenvalue weighted by Gasteiger charge is -2.16. The van der Waals surface area contributed by atoms with Crippen LogP contribution >= 0.6 is 0 Å².